The summed E-state index contributed by atoms with van der Waals surface area (Å²) in [5.74, 6) is -0.0273. The van der Waals surface area contributed by atoms with Gasteiger partial charge in [-0.3, -0.25) is 0 Å². The highest BCUT2D eigenvalue weighted by Gasteiger charge is 2.34. The second-order valence-corrected chi connectivity index (χ2v) is 5.40. The first-order valence-corrected chi connectivity index (χ1v) is 6.92. The van der Waals surface area contributed by atoms with Crippen molar-refractivity contribution < 1.29 is 17.9 Å². The molecule has 2 rings (SSSR count). The van der Waals surface area contributed by atoms with Crippen LogP contribution in [0.15, 0.2) is 46.9 Å². The van der Waals surface area contributed by atoms with Crippen molar-refractivity contribution in [1.82, 2.24) is 0 Å². The van der Waals surface area contributed by atoms with Gasteiger partial charge in [0.15, 0.2) is 0 Å². The van der Waals surface area contributed by atoms with E-state index in [1.54, 1.807) is 12.1 Å². The fraction of sp³-hybridized carbons (Fsp3) is 0.0714. The number of nitrogens with two attached hydrogens (primary N) is 1. The standard InChI is InChI=1S/C14H9BrF3NOS/c15-10-7-8(13(19)21)5-6-12(10)20-11-4-2-1-3-9(11)14(16,17)18/h1-7H,(H2,19,21). The van der Waals surface area contributed by atoms with Crippen molar-refractivity contribution in [3.63, 3.8) is 0 Å². The molecule has 2 nitrogen and oxygen atoms in total. The van der Waals surface area contributed by atoms with E-state index in [9.17, 15) is 13.2 Å². The second kappa shape index (κ2) is 6.03. The number of hydrogen-bond acceptors (Lipinski definition) is 2. The third-order valence-corrected chi connectivity index (χ3v) is 3.48. The Morgan fingerprint density at radius 2 is 1.76 bits per heavy atom. The molecule has 0 heterocycles. The number of benzene rings is 2. The smallest absolute Gasteiger partial charge is 0.419 e. The van der Waals surface area contributed by atoms with E-state index in [0.29, 0.717) is 10.0 Å². The largest absolute Gasteiger partial charge is 0.456 e. The normalized spacial score (nSPS) is 11.2. The maximum atomic E-state index is 12.9. The molecule has 21 heavy (non-hydrogen) atoms. The molecule has 0 saturated carbocycles. The quantitative estimate of drug-likeness (QED) is 0.775. The molecule has 0 amide bonds. The van der Waals surface area contributed by atoms with Crippen LogP contribution in [0.5, 0.6) is 11.5 Å². The van der Waals surface area contributed by atoms with Gasteiger partial charge in [0, 0.05) is 5.56 Å². The number of rotatable bonds is 3. The molecule has 2 N–H and O–H groups in total. The van der Waals surface area contributed by atoms with Crippen molar-refractivity contribution in [2.24, 2.45) is 5.73 Å². The molecule has 0 saturated heterocycles. The van der Waals surface area contributed by atoms with Gasteiger partial charge in [0.2, 0.25) is 0 Å². The lowest BCUT2D eigenvalue weighted by atomic mass is 10.2. The Kier molecular flexibility index (Phi) is 4.53. The Bertz CT molecular complexity index is 688. The SMILES string of the molecule is NC(=S)c1ccc(Oc2ccccc2C(F)(F)F)c(Br)c1. The van der Waals surface area contributed by atoms with Crippen LogP contribution in [0, 0.1) is 0 Å². The first-order valence-electron chi connectivity index (χ1n) is 5.72. The first-order chi connectivity index (χ1) is 9.79. The molecular weight excluding hydrogens is 367 g/mol. The minimum absolute atomic E-state index is 0.193. The summed E-state index contributed by atoms with van der Waals surface area (Å²) in [4.78, 5) is 0.193. The van der Waals surface area contributed by atoms with Crippen molar-refractivity contribution >= 4 is 33.1 Å². The van der Waals surface area contributed by atoms with Gasteiger partial charge >= 0.3 is 6.18 Å². The molecule has 0 atom stereocenters. The Morgan fingerprint density at radius 3 is 2.33 bits per heavy atom. The summed E-state index contributed by atoms with van der Waals surface area (Å²) < 4.78 is 44.5. The zero-order chi connectivity index (χ0) is 15.6. The van der Waals surface area contributed by atoms with Crippen molar-refractivity contribution in [3.05, 3.63) is 58.1 Å². The number of ether oxygens (including phenoxy) is 1. The minimum atomic E-state index is -4.48. The van der Waals surface area contributed by atoms with Crippen LogP contribution in [0.4, 0.5) is 13.2 Å². The van der Waals surface area contributed by atoms with Crippen LogP contribution in [0.1, 0.15) is 11.1 Å². The Hall–Kier alpha value is -1.60. The summed E-state index contributed by atoms with van der Waals surface area (Å²) >= 11 is 8.06. The molecule has 0 aliphatic heterocycles. The van der Waals surface area contributed by atoms with Crippen LogP contribution in [-0.4, -0.2) is 4.99 Å². The number of alkyl halides is 3. The van der Waals surface area contributed by atoms with E-state index in [-0.39, 0.29) is 16.5 Å². The molecule has 0 aliphatic carbocycles. The monoisotopic (exact) mass is 375 g/mol. The topological polar surface area (TPSA) is 35.2 Å². The third kappa shape index (κ3) is 3.74. The number of para-hydroxylation sites is 1. The highest BCUT2D eigenvalue weighted by atomic mass is 79.9. The van der Waals surface area contributed by atoms with E-state index in [1.165, 1.54) is 24.3 Å². The maximum absolute atomic E-state index is 12.9. The van der Waals surface area contributed by atoms with E-state index in [2.05, 4.69) is 15.9 Å². The zero-order valence-electron chi connectivity index (χ0n) is 10.4. The van der Waals surface area contributed by atoms with E-state index in [1.807, 2.05) is 0 Å². The van der Waals surface area contributed by atoms with Gasteiger partial charge < -0.3 is 10.5 Å². The van der Waals surface area contributed by atoms with Gasteiger partial charge in [0.05, 0.1) is 10.0 Å². The lowest BCUT2D eigenvalue weighted by Gasteiger charge is -2.14. The first kappa shape index (κ1) is 15.8. The number of thiocarbonyl (C=S) groups is 1. The summed E-state index contributed by atoms with van der Waals surface area (Å²) in [6.45, 7) is 0. The Balaban J connectivity index is 2.38. The zero-order valence-corrected chi connectivity index (χ0v) is 12.8. The lowest BCUT2D eigenvalue weighted by molar-refractivity contribution is -0.138. The van der Waals surface area contributed by atoms with Gasteiger partial charge in [-0.25, -0.2) is 0 Å². The maximum Gasteiger partial charge on any atom is 0.419 e. The molecule has 0 aliphatic rings. The van der Waals surface area contributed by atoms with Gasteiger partial charge in [0.25, 0.3) is 0 Å². The molecular formula is C14H9BrF3NOS. The summed E-state index contributed by atoms with van der Waals surface area (Å²) in [7, 11) is 0. The van der Waals surface area contributed by atoms with E-state index < -0.39 is 11.7 Å². The minimum Gasteiger partial charge on any atom is -0.456 e. The number of halogens is 4. The van der Waals surface area contributed by atoms with Crippen LogP contribution in [0.3, 0.4) is 0 Å². The molecule has 2 aromatic carbocycles. The van der Waals surface area contributed by atoms with E-state index >= 15 is 0 Å². The Morgan fingerprint density at radius 1 is 1.10 bits per heavy atom. The molecule has 7 heteroatoms. The summed E-state index contributed by atoms with van der Waals surface area (Å²) in [5.41, 5.74) is 5.24. The molecule has 2 aromatic rings. The fourth-order valence-electron chi connectivity index (χ4n) is 1.65. The predicted molar refractivity (Wildman–Crippen MR) is 81.5 cm³/mol. The summed E-state index contributed by atoms with van der Waals surface area (Å²) in [6, 6.07) is 9.68. The molecule has 0 spiro atoms. The highest BCUT2D eigenvalue weighted by Crippen LogP contribution is 2.39. The number of hydrogen-bond donors (Lipinski definition) is 1. The lowest BCUT2D eigenvalue weighted by Crippen LogP contribution is -2.09. The summed E-state index contributed by atoms with van der Waals surface area (Å²) in [5, 5.41) is 0. The molecule has 110 valence electrons. The average molecular weight is 376 g/mol. The van der Waals surface area contributed by atoms with Gasteiger partial charge in [-0.05, 0) is 46.3 Å². The van der Waals surface area contributed by atoms with Crippen LogP contribution in [0.25, 0.3) is 0 Å². The van der Waals surface area contributed by atoms with Gasteiger partial charge in [0.1, 0.15) is 16.5 Å². The highest BCUT2D eigenvalue weighted by molar-refractivity contribution is 9.10. The van der Waals surface area contributed by atoms with Crippen LogP contribution >= 0.6 is 28.1 Å². The van der Waals surface area contributed by atoms with Gasteiger partial charge in [-0.2, -0.15) is 13.2 Å². The van der Waals surface area contributed by atoms with Crippen LogP contribution in [0.2, 0.25) is 0 Å². The van der Waals surface area contributed by atoms with E-state index in [4.69, 9.17) is 22.7 Å². The van der Waals surface area contributed by atoms with Gasteiger partial charge in [-0.1, -0.05) is 24.4 Å². The molecule has 0 aromatic heterocycles. The van der Waals surface area contributed by atoms with Crippen LogP contribution in [-0.2, 0) is 6.18 Å². The molecule has 0 bridgehead atoms. The van der Waals surface area contributed by atoms with Crippen molar-refractivity contribution in [2.45, 2.75) is 6.18 Å². The predicted octanol–water partition coefficient (Wildman–Crippen LogP) is 4.89. The fourth-order valence-corrected chi connectivity index (χ4v) is 2.23. The van der Waals surface area contributed by atoms with Crippen molar-refractivity contribution in [2.75, 3.05) is 0 Å². The van der Waals surface area contributed by atoms with Crippen molar-refractivity contribution in [3.8, 4) is 11.5 Å². The van der Waals surface area contributed by atoms with Gasteiger partial charge in [-0.15, -0.1) is 0 Å². The molecule has 0 fully saturated rings. The van der Waals surface area contributed by atoms with E-state index in [0.717, 1.165) is 6.07 Å². The summed E-state index contributed by atoms with van der Waals surface area (Å²) in [6.07, 6.45) is -4.48. The third-order valence-electron chi connectivity index (χ3n) is 2.63. The van der Waals surface area contributed by atoms with Crippen LogP contribution < -0.4 is 10.5 Å². The average Bonchev–Trinajstić information content (AvgIpc) is 2.40. The van der Waals surface area contributed by atoms with Crippen molar-refractivity contribution in [1.29, 1.82) is 0 Å². The molecule has 0 unspecified atom stereocenters. The Labute approximate surface area is 132 Å². The molecule has 0 radical (unpaired) electrons. The second-order valence-electron chi connectivity index (χ2n) is 4.11.